The van der Waals surface area contributed by atoms with Crippen molar-refractivity contribution < 1.29 is 14.6 Å². The Kier molecular flexibility index (Phi) is 6.70. The zero-order chi connectivity index (χ0) is 21.9. The lowest BCUT2D eigenvalue weighted by atomic mass is 10.2. The molecular weight excluding hydrogens is 393 g/mol. The molecule has 166 valence electrons. The number of aryl methyl sites for hydroxylation is 1. The molecule has 1 saturated heterocycles. The van der Waals surface area contributed by atoms with Crippen molar-refractivity contribution in [2.75, 3.05) is 48.3 Å². The van der Waals surface area contributed by atoms with E-state index in [2.05, 4.69) is 30.4 Å². The van der Waals surface area contributed by atoms with E-state index in [1.165, 1.54) is 12.1 Å². The SMILES string of the molecule is CC.Cc1ncnc(N2CCN(CC3Nc4ccc(C(F)(F)F)cc4N3)CC2)c1C.[HH]. The molecule has 0 saturated carbocycles. The molecule has 30 heavy (non-hydrogen) atoms. The zero-order valence-corrected chi connectivity index (χ0v) is 17.8. The molecule has 1 aromatic heterocycles. The minimum Gasteiger partial charge on any atom is -0.363 e. The number of nitrogens with one attached hydrogen (secondary N) is 2. The number of halogens is 3. The largest absolute Gasteiger partial charge is 0.416 e. The van der Waals surface area contributed by atoms with Crippen LogP contribution in [0.5, 0.6) is 0 Å². The Labute approximate surface area is 177 Å². The van der Waals surface area contributed by atoms with Gasteiger partial charge in [0.25, 0.3) is 0 Å². The second-order valence-electron chi connectivity index (χ2n) is 7.29. The summed E-state index contributed by atoms with van der Waals surface area (Å²) in [7, 11) is 0. The van der Waals surface area contributed by atoms with Crippen molar-refractivity contribution in [3.05, 3.63) is 41.3 Å². The summed E-state index contributed by atoms with van der Waals surface area (Å²) < 4.78 is 38.7. The molecular formula is C21H31F3N6. The number of nitrogens with zero attached hydrogens (tertiary/aromatic N) is 4. The average molecular weight is 425 g/mol. The minimum absolute atomic E-state index is 0. The fourth-order valence-corrected chi connectivity index (χ4v) is 3.71. The predicted octanol–water partition coefficient (Wildman–Crippen LogP) is 4.37. The van der Waals surface area contributed by atoms with E-state index in [9.17, 15) is 13.2 Å². The lowest BCUT2D eigenvalue weighted by Crippen LogP contribution is -2.50. The Balaban J connectivity index is 0.00000111. The zero-order valence-electron chi connectivity index (χ0n) is 17.8. The van der Waals surface area contributed by atoms with Gasteiger partial charge in [-0.2, -0.15) is 13.2 Å². The number of hydrogen-bond donors (Lipinski definition) is 2. The molecule has 2 aliphatic rings. The van der Waals surface area contributed by atoms with E-state index >= 15 is 0 Å². The number of alkyl halides is 3. The molecule has 9 heteroatoms. The number of fused-ring (bicyclic) bond motifs is 1. The molecule has 3 heterocycles. The van der Waals surface area contributed by atoms with Crippen LogP contribution in [0, 0.1) is 13.8 Å². The summed E-state index contributed by atoms with van der Waals surface area (Å²) in [6.07, 6.45) is -2.83. The van der Waals surface area contributed by atoms with Crippen molar-refractivity contribution in [1.29, 1.82) is 0 Å². The van der Waals surface area contributed by atoms with Crippen LogP contribution in [0.4, 0.5) is 30.4 Å². The van der Waals surface area contributed by atoms with Crippen LogP contribution in [0.2, 0.25) is 0 Å². The average Bonchev–Trinajstić information content (AvgIpc) is 3.13. The smallest absolute Gasteiger partial charge is 0.363 e. The highest BCUT2D eigenvalue weighted by Crippen LogP contribution is 2.36. The van der Waals surface area contributed by atoms with E-state index in [0.29, 0.717) is 17.9 Å². The standard InChI is InChI=1S/C19H23F3N6.C2H6.H2/c1-12-13(2)23-11-24-18(12)28-7-5-27(6-8-28)10-17-25-15-4-3-14(19(20,21)22)9-16(15)26-17;1-2;/h3-4,9,11,17,25-26H,5-8,10H2,1-2H3;1-2H3;1H. The highest BCUT2D eigenvalue weighted by atomic mass is 19.4. The van der Waals surface area contributed by atoms with Gasteiger partial charge in [-0.05, 0) is 32.0 Å². The Morgan fingerprint density at radius 1 is 1.03 bits per heavy atom. The fourth-order valence-electron chi connectivity index (χ4n) is 3.71. The summed E-state index contributed by atoms with van der Waals surface area (Å²) >= 11 is 0. The van der Waals surface area contributed by atoms with E-state index in [1.807, 2.05) is 27.7 Å². The van der Waals surface area contributed by atoms with Crippen LogP contribution in [0.25, 0.3) is 0 Å². The first kappa shape index (κ1) is 22.1. The van der Waals surface area contributed by atoms with Crippen LogP contribution in [0.3, 0.4) is 0 Å². The summed E-state index contributed by atoms with van der Waals surface area (Å²) in [5.74, 6) is 0.983. The number of piperazine rings is 1. The van der Waals surface area contributed by atoms with Crippen molar-refractivity contribution in [2.45, 2.75) is 40.0 Å². The molecule has 1 fully saturated rings. The normalized spacial score (nSPS) is 18.8. The summed E-state index contributed by atoms with van der Waals surface area (Å²) in [5, 5.41) is 6.43. The van der Waals surface area contributed by atoms with Gasteiger partial charge in [0.05, 0.1) is 16.9 Å². The Hall–Kier alpha value is -2.55. The molecule has 1 unspecified atom stereocenters. The molecule has 2 aliphatic heterocycles. The lowest BCUT2D eigenvalue weighted by molar-refractivity contribution is -0.137. The third-order valence-electron chi connectivity index (χ3n) is 5.43. The first-order valence-electron chi connectivity index (χ1n) is 10.3. The van der Waals surface area contributed by atoms with Gasteiger partial charge in [0.15, 0.2) is 0 Å². The topological polar surface area (TPSA) is 56.3 Å². The molecule has 0 radical (unpaired) electrons. The molecule has 0 aliphatic carbocycles. The Bertz CT molecular complexity index is 869. The van der Waals surface area contributed by atoms with Crippen molar-refractivity contribution >= 4 is 17.2 Å². The second kappa shape index (κ2) is 9.07. The molecule has 4 rings (SSSR count). The molecule has 0 amide bonds. The molecule has 2 N–H and O–H groups in total. The molecule has 0 spiro atoms. The molecule has 1 atom stereocenters. The van der Waals surface area contributed by atoms with Crippen LogP contribution in [0.15, 0.2) is 24.5 Å². The Morgan fingerprint density at radius 2 is 1.70 bits per heavy atom. The van der Waals surface area contributed by atoms with Crippen LogP contribution in [0.1, 0.15) is 32.1 Å². The maximum Gasteiger partial charge on any atom is 0.416 e. The monoisotopic (exact) mass is 424 g/mol. The van der Waals surface area contributed by atoms with Crippen LogP contribution in [-0.4, -0.2) is 53.8 Å². The summed E-state index contributed by atoms with van der Waals surface area (Å²) in [4.78, 5) is 13.2. The summed E-state index contributed by atoms with van der Waals surface area (Å²) in [5.41, 5.74) is 2.67. The van der Waals surface area contributed by atoms with Gasteiger partial charge in [-0.3, -0.25) is 4.90 Å². The fraction of sp³-hybridized carbons (Fsp3) is 0.524. The highest BCUT2D eigenvalue weighted by Gasteiger charge is 2.33. The first-order chi connectivity index (χ1) is 14.3. The van der Waals surface area contributed by atoms with Crippen molar-refractivity contribution in [2.24, 2.45) is 0 Å². The van der Waals surface area contributed by atoms with Gasteiger partial charge in [0.1, 0.15) is 18.3 Å². The molecule has 6 nitrogen and oxygen atoms in total. The molecule has 0 bridgehead atoms. The molecule has 2 aromatic rings. The summed E-state index contributed by atoms with van der Waals surface area (Å²) in [6.45, 7) is 12.2. The Morgan fingerprint density at radius 3 is 2.37 bits per heavy atom. The van der Waals surface area contributed by atoms with Crippen molar-refractivity contribution in [3.8, 4) is 0 Å². The second-order valence-corrected chi connectivity index (χ2v) is 7.29. The van der Waals surface area contributed by atoms with Crippen LogP contribution in [-0.2, 0) is 6.18 Å². The first-order valence-corrected chi connectivity index (χ1v) is 10.3. The third kappa shape index (κ3) is 4.77. The van der Waals surface area contributed by atoms with Gasteiger partial charge >= 0.3 is 6.18 Å². The van der Waals surface area contributed by atoms with E-state index in [4.69, 9.17) is 0 Å². The van der Waals surface area contributed by atoms with E-state index < -0.39 is 11.7 Å². The highest BCUT2D eigenvalue weighted by molar-refractivity contribution is 5.75. The van der Waals surface area contributed by atoms with Crippen LogP contribution < -0.4 is 15.5 Å². The van der Waals surface area contributed by atoms with E-state index in [-0.39, 0.29) is 7.59 Å². The number of hydrogen-bond acceptors (Lipinski definition) is 6. The van der Waals surface area contributed by atoms with Crippen molar-refractivity contribution in [1.82, 2.24) is 14.9 Å². The maximum atomic E-state index is 12.9. The van der Waals surface area contributed by atoms with Crippen LogP contribution >= 0.6 is 0 Å². The van der Waals surface area contributed by atoms with E-state index in [1.54, 1.807) is 6.33 Å². The number of anilines is 3. The number of benzene rings is 1. The quantitative estimate of drug-likeness (QED) is 0.763. The van der Waals surface area contributed by atoms with Crippen molar-refractivity contribution in [3.63, 3.8) is 0 Å². The maximum absolute atomic E-state index is 12.9. The van der Waals surface area contributed by atoms with E-state index in [0.717, 1.165) is 49.3 Å². The van der Waals surface area contributed by atoms with Gasteiger partial charge in [-0.1, -0.05) is 13.8 Å². The van der Waals surface area contributed by atoms with Gasteiger partial charge in [0, 0.05) is 45.4 Å². The van der Waals surface area contributed by atoms with Gasteiger partial charge in [-0.15, -0.1) is 0 Å². The summed E-state index contributed by atoms with van der Waals surface area (Å²) in [6, 6.07) is 3.77. The predicted molar refractivity (Wildman–Crippen MR) is 116 cm³/mol. The lowest BCUT2D eigenvalue weighted by Gasteiger charge is -2.37. The third-order valence-corrected chi connectivity index (χ3v) is 5.43. The number of aromatic nitrogens is 2. The minimum atomic E-state index is -4.33. The van der Waals surface area contributed by atoms with Gasteiger partial charge in [0.2, 0.25) is 0 Å². The number of rotatable bonds is 3. The van der Waals surface area contributed by atoms with Gasteiger partial charge in [-0.25, -0.2) is 9.97 Å². The molecule has 1 aromatic carbocycles. The van der Waals surface area contributed by atoms with Gasteiger partial charge < -0.3 is 15.5 Å².